The third-order valence-corrected chi connectivity index (χ3v) is 4.79. The summed E-state index contributed by atoms with van der Waals surface area (Å²) in [5.74, 6) is 4.77. The van der Waals surface area contributed by atoms with Gasteiger partial charge in [0.2, 0.25) is 0 Å². The lowest BCUT2D eigenvalue weighted by Crippen LogP contribution is -2.44. The van der Waals surface area contributed by atoms with Crippen molar-refractivity contribution in [2.24, 2.45) is 0 Å². The summed E-state index contributed by atoms with van der Waals surface area (Å²) in [7, 11) is 1.97. The van der Waals surface area contributed by atoms with Crippen molar-refractivity contribution >= 4 is 17.8 Å². The van der Waals surface area contributed by atoms with E-state index in [9.17, 15) is 0 Å². The highest BCUT2D eigenvalue weighted by Crippen LogP contribution is 2.19. The first-order chi connectivity index (χ1) is 10.2. The molecule has 0 spiro atoms. The molecule has 0 radical (unpaired) electrons. The Morgan fingerprint density at radius 3 is 2.81 bits per heavy atom. The van der Waals surface area contributed by atoms with Crippen molar-refractivity contribution in [2.75, 3.05) is 43.9 Å². The number of aromatic nitrogens is 1. The number of anilines is 1. The summed E-state index contributed by atoms with van der Waals surface area (Å²) in [6, 6.07) is 6.15. The summed E-state index contributed by atoms with van der Waals surface area (Å²) >= 11 is 1.83. The fourth-order valence-corrected chi connectivity index (χ4v) is 3.28. The van der Waals surface area contributed by atoms with E-state index in [1.165, 1.54) is 0 Å². The zero-order valence-corrected chi connectivity index (χ0v) is 13.3. The van der Waals surface area contributed by atoms with Gasteiger partial charge in [-0.3, -0.25) is 0 Å². The first kappa shape index (κ1) is 15.7. The summed E-state index contributed by atoms with van der Waals surface area (Å²) in [6.07, 6.45) is 9.20. The number of terminal acetylenes is 1. The van der Waals surface area contributed by atoms with E-state index in [4.69, 9.17) is 6.42 Å². The van der Waals surface area contributed by atoms with Crippen LogP contribution in [0.4, 0.5) is 5.82 Å². The molecule has 1 aromatic heterocycles. The minimum absolute atomic E-state index is 0.0984. The van der Waals surface area contributed by atoms with Crippen molar-refractivity contribution in [3.05, 3.63) is 37.2 Å². The fourth-order valence-electron chi connectivity index (χ4n) is 2.17. The van der Waals surface area contributed by atoms with Gasteiger partial charge < -0.3 is 9.80 Å². The van der Waals surface area contributed by atoms with E-state index in [2.05, 4.69) is 32.8 Å². The van der Waals surface area contributed by atoms with Crippen LogP contribution >= 0.6 is 11.9 Å². The Morgan fingerprint density at radius 1 is 1.48 bits per heavy atom. The van der Waals surface area contributed by atoms with E-state index < -0.39 is 0 Å². The Hall–Kier alpha value is -1.64. The molecular formula is C16H22N4S. The molecule has 1 atom stereocenters. The molecule has 5 heteroatoms. The molecule has 21 heavy (non-hydrogen) atoms. The second-order valence-corrected chi connectivity index (χ2v) is 6.04. The third-order valence-electron chi connectivity index (χ3n) is 3.60. The average molecular weight is 302 g/mol. The molecule has 0 aliphatic carbocycles. The minimum Gasteiger partial charge on any atom is -0.367 e. The number of pyridine rings is 1. The molecule has 2 rings (SSSR count). The minimum atomic E-state index is 0.0984. The van der Waals surface area contributed by atoms with Gasteiger partial charge in [0.1, 0.15) is 5.82 Å². The smallest absolute Gasteiger partial charge is 0.128 e. The van der Waals surface area contributed by atoms with E-state index in [-0.39, 0.29) is 6.04 Å². The number of hydrogen-bond acceptors (Lipinski definition) is 5. The van der Waals surface area contributed by atoms with Crippen LogP contribution in [-0.4, -0.2) is 59.2 Å². The van der Waals surface area contributed by atoms with Crippen molar-refractivity contribution in [3.63, 3.8) is 0 Å². The molecule has 0 aromatic carbocycles. The van der Waals surface area contributed by atoms with Crippen LogP contribution in [-0.2, 0) is 0 Å². The van der Waals surface area contributed by atoms with Gasteiger partial charge in [-0.05, 0) is 18.3 Å². The summed E-state index contributed by atoms with van der Waals surface area (Å²) in [6.45, 7) is 7.81. The van der Waals surface area contributed by atoms with Crippen LogP contribution in [0.5, 0.6) is 0 Å². The quantitative estimate of drug-likeness (QED) is 0.590. The molecule has 0 saturated carbocycles. The SMILES string of the molecule is C#CC(CSN1CCN(c2ccccn2)CC1)N(C)C=C. The van der Waals surface area contributed by atoms with Gasteiger partial charge in [0, 0.05) is 45.2 Å². The zero-order valence-electron chi connectivity index (χ0n) is 12.5. The van der Waals surface area contributed by atoms with E-state index in [1.54, 1.807) is 6.20 Å². The monoisotopic (exact) mass is 302 g/mol. The Bertz CT molecular complexity index is 477. The molecule has 1 unspecified atom stereocenters. The highest BCUT2D eigenvalue weighted by Gasteiger charge is 2.19. The summed E-state index contributed by atoms with van der Waals surface area (Å²) in [5.41, 5.74) is 0. The van der Waals surface area contributed by atoms with E-state index in [1.807, 2.05) is 42.2 Å². The average Bonchev–Trinajstić information content (AvgIpc) is 2.56. The maximum Gasteiger partial charge on any atom is 0.128 e. The van der Waals surface area contributed by atoms with Crippen LogP contribution in [0.25, 0.3) is 0 Å². The molecule has 4 nitrogen and oxygen atoms in total. The van der Waals surface area contributed by atoms with Gasteiger partial charge in [-0.25, -0.2) is 9.29 Å². The number of piperazine rings is 1. The van der Waals surface area contributed by atoms with Crippen LogP contribution in [0.3, 0.4) is 0 Å². The molecule has 112 valence electrons. The third kappa shape index (κ3) is 4.42. The maximum absolute atomic E-state index is 5.58. The van der Waals surface area contributed by atoms with Crippen molar-refractivity contribution in [1.29, 1.82) is 0 Å². The van der Waals surface area contributed by atoms with Gasteiger partial charge in [-0.1, -0.05) is 30.5 Å². The Kier molecular flexibility index (Phi) is 5.97. The number of rotatable bonds is 6. The number of hydrogen-bond donors (Lipinski definition) is 0. The topological polar surface area (TPSA) is 22.6 Å². The molecule has 1 saturated heterocycles. The van der Waals surface area contributed by atoms with E-state index >= 15 is 0 Å². The Labute approximate surface area is 132 Å². The highest BCUT2D eigenvalue weighted by atomic mass is 32.2. The molecular weight excluding hydrogens is 280 g/mol. The predicted molar refractivity (Wildman–Crippen MR) is 91.1 cm³/mol. The van der Waals surface area contributed by atoms with Gasteiger partial charge >= 0.3 is 0 Å². The van der Waals surface area contributed by atoms with Crippen LogP contribution in [0.1, 0.15) is 0 Å². The van der Waals surface area contributed by atoms with Gasteiger partial charge in [0.05, 0.1) is 6.04 Å². The van der Waals surface area contributed by atoms with Crippen molar-refractivity contribution < 1.29 is 0 Å². The van der Waals surface area contributed by atoms with Gasteiger partial charge in [0.15, 0.2) is 0 Å². The van der Waals surface area contributed by atoms with Crippen molar-refractivity contribution in [2.45, 2.75) is 6.04 Å². The summed E-state index contributed by atoms with van der Waals surface area (Å²) in [4.78, 5) is 8.71. The maximum atomic E-state index is 5.58. The lowest BCUT2D eigenvalue weighted by molar-refractivity contribution is 0.408. The molecule has 1 aliphatic heterocycles. The molecule has 0 amide bonds. The van der Waals surface area contributed by atoms with E-state index in [0.29, 0.717) is 0 Å². The van der Waals surface area contributed by atoms with Gasteiger partial charge in [-0.15, -0.1) is 6.42 Å². The molecule has 0 N–H and O–H groups in total. The lowest BCUT2D eigenvalue weighted by Gasteiger charge is -2.35. The Morgan fingerprint density at radius 2 is 2.24 bits per heavy atom. The zero-order chi connectivity index (χ0) is 15.1. The van der Waals surface area contributed by atoms with Crippen molar-refractivity contribution in [3.8, 4) is 12.3 Å². The predicted octanol–water partition coefficient (Wildman–Crippen LogP) is 1.93. The molecule has 1 fully saturated rings. The lowest BCUT2D eigenvalue weighted by atomic mass is 10.3. The van der Waals surface area contributed by atoms with Gasteiger partial charge in [0.25, 0.3) is 0 Å². The highest BCUT2D eigenvalue weighted by molar-refractivity contribution is 7.97. The molecule has 0 bridgehead atoms. The molecule has 1 aliphatic rings. The molecule has 2 heterocycles. The Balaban J connectivity index is 1.77. The van der Waals surface area contributed by atoms with Crippen LogP contribution in [0.15, 0.2) is 37.2 Å². The van der Waals surface area contributed by atoms with Gasteiger partial charge in [-0.2, -0.15) is 0 Å². The largest absolute Gasteiger partial charge is 0.367 e. The summed E-state index contributed by atoms with van der Waals surface area (Å²) in [5, 5.41) is 0. The first-order valence-corrected chi connectivity index (χ1v) is 8.03. The summed E-state index contributed by atoms with van der Waals surface area (Å²) < 4.78 is 2.39. The van der Waals surface area contributed by atoms with E-state index in [0.717, 1.165) is 37.7 Å². The fraction of sp³-hybridized carbons (Fsp3) is 0.438. The second-order valence-electron chi connectivity index (χ2n) is 4.93. The standard InChI is InChI=1S/C16H22N4S/c1-4-15(18(3)5-2)14-21-20-12-10-19(11-13-20)16-8-6-7-9-17-16/h1,5-9,15H,2,10-14H2,3H3. The van der Waals surface area contributed by atoms with Crippen LogP contribution < -0.4 is 4.90 Å². The van der Waals surface area contributed by atoms with Crippen LogP contribution in [0.2, 0.25) is 0 Å². The normalized spacial score (nSPS) is 17.0. The van der Waals surface area contributed by atoms with Crippen LogP contribution in [0, 0.1) is 12.3 Å². The first-order valence-electron chi connectivity index (χ1n) is 7.09. The number of nitrogens with zero attached hydrogens (tertiary/aromatic N) is 4. The molecule has 1 aromatic rings. The second kappa shape index (κ2) is 7.96. The van der Waals surface area contributed by atoms with Crippen molar-refractivity contribution in [1.82, 2.24) is 14.2 Å².